The van der Waals surface area contributed by atoms with Gasteiger partial charge in [0.1, 0.15) is 0 Å². The third kappa shape index (κ3) is 4.21. The summed E-state index contributed by atoms with van der Waals surface area (Å²) in [5.41, 5.74) is 2.57. The number of hydrogen-bond donors (Lipinski definition) is 1. The molecule has 2 aromatic heterocycles. The van der Waals surface area contributed by atoms with Crippen LogP contribution in [0.5, 0.6) is 0 Å². The van der Waals surface area contributed by atoms with Gasteiger partial charge in [0.05, 0.1) is 18.2 Å². The Hall–Kier alpha value is -3.18. The van der Waals surface area contributed by atoms with Crippen molar-refractivity contribution in [1.29, 1.82) is 5.26 Å². The minimum absolute atomic E-state index is 0.105. The fourth-order valence-electron chi connectivity index (χ4n) is 2.85. The molecule has 0 spiro atoms. The molecular weight excluding hydrogens is 372 g/mol. The molecule has 1 aliphatic rings. The van der Waals surface area contributed by atoms with Crippen LogP contribution in [0.25, 0.3) is 11.4 Å². The van der Waals surface area contributed by atoms with E-state index in [1.807, 2.05) is 36.4 Å². The first-order valence-electron chi connectivity index (χ1n) is 8.98. The Kier molecular flexibility index (Phi) is 5.35. The maximum absolute atomic E-state index is 12.3. The molecule has 1 saturated carbocycles. The summed E-state index contributed by atoms with van der Waals surface area (Å²) >= 11 is 1.38. The van der Waals surface area contributed by atoms with Crippen molar-refractivity contribution in [3.8, 4) is 17.5 Å². The van der Waals surface area contributed by atoms with Gasteiger partial charge in [0.15, 0.2) is 11.0 Å². The zero-order chi connectivity index (χ0) is 19.3. The van der Waals surface area contributed by atoms with Crippen LogP contribution >= 0.6 is 11.8 Å². The van der Waals surface area contributed by atoms with Crippen LogP contribution in [0.15, 0.2) is 53.9 Å². The van der Waals surface area contributed by atoms with Gasteiger partial charge in [0, 0.05) is 29.7 Å². The number of amides is 1. The van der Waals surface area contributed by atoms with Crippen LogP contribution in [0, 0.1) is 11.3 Å². The molecular formula is C20H18N6OS. The van der Waals surface area contributed by atoms with E-state index in [4.69, 9.17) is 5.26 Å². The summed E-state index contributed by atoms with van der Waals surface area (Å²) in [5, 5.41) is 21.0. The Morgan fingerprint density at radius 2 is 2.07 bits per heavy atom. The number of carbonyl (C=O) groups is 1. The van der Waals surface area contributed by atoms with E-state index in [2.05, 4.69) is 31.1 Å². The number of rotatable bonds is 7. The molecule has 2 heterocycles. The third-order valence-electron chi connectivity index (χ3n) is 4.35. The highest BCUT2D eigenvalue weighted by molar-refractivity contribution is 7.99. The fourth-order valence-corrected chi connectivity index (χ4v) is 3.66. The number of hydrogen-bond acceptors (Lipinski definition) is 6. The lowest BCUT2D eigenvalue weighted by molar-refractivity contribution is -0.113. The van der Waals surface area contributed by atoms with Gasteiger partial charge in [-0.05, 0) is 42.7 Å². The molecule has 28 heavy (non-hydrogen) atoms. The van der Waals surface area contributed by atoms with Crippen LogP contribution < -0.4 is 5.32 Å². The number of nitrogens with zero attached hydrogens (tertiary/aromatic N) is 5. The molecule has 140 valence electrons. The lowest BCUT2D eigenvalue weighted by atomic mass is 10.1. The number of thioether (sulfide) groups is 1. The molecule has 3 aromatic rings. The van der Waals surface area contributed by atoms with Crippen molar-refractivity contribution >= 4 is 23.4 Å². The van der Waals surface area contributed by atoms with Gasteiger partial charge in [-0.15, -0.1) is 10.2 Å². The molecule has 1 amide bonds. The first-order chi connectivity index (χ1) is 13.7. The van der Waals surface area contributed by atoms with Crippen LogP contribution in [0.2, 0.25) is 0 Å². The van der Waals surface area contributed by atoms with Crippen LogP contribution in [-0.2, 0) is 11.2 Å². The van der Waals surface area contributed by atoms with Crippen molar-refractivity contribution in [2.45, 2.75) is 30.5 Å². The minimum atomic E-state index is -0.105. The fraction of sp³-hybridized carbons (Fsp3) is 0.250. The highest BCUT2D eigenvalue weighted by Gasteiger charge is 2.30. The number of anilines is 1. The van der Waals surface area contributed by atoms with Crippen molar-refractivity contribution < 1.29 is 4.79 Å². The maximum atomic E-state index is 12.3. The molecule has 0 saturated heterocycles. The van der Waals surface area contributed by atoms with Gasteiger partial charge in [-0.1, -0.05) is 23.9 Å². The highest BCUT2D eigenvalue weighted by Crippen LogP contribution is 2.40. The molecule has 0 bridgehead atoms. The SMILES string of the molecule is N#CCc1ccc(NC(=O)CSc2nnc(-c3cccnc3)n2C2CC2)cc1. The molecule has 1 N–H and O–H groups in total. The molecule has 0 radical (unpaired) electrons. The van der Waals surface area contributed by atoms with E-state index in [-0.39, 0.29) is 11.7 Å². The maximum Gasteiger partial charge on any atom is 0.234 e. The van der Waals surface area contributed by atoms with Crippen molar-refractivity contribution in [1.82, 2.24) is 19.7 Å². The molecule has 1 fully saturated rings. The number of aromatic nitrogens is 4. The van der Waals surface area contributed by atoms with Gasteiger partial charge in [0.25, 0.3) is 0 Å². The first kappa shape index (κ1) is 18.2. The number of pyridine rings is 1. The molecule has 0 aliphatic heterocycles. The first-order valence-corrected chi connectivity index (χ1v) is 9.97. The average molecular weight is 390 g/mol. The monoisotopic (exact) mass is 390 g/mol. The Morgan fingerprint density at radius 1 is 1.25 bits per heavy atom. The van der Waals surface area contributed by atoms with Crippen molar-refractivity contribution in [3.05, 3.63) is 54.4 Å². The van der Waals surface area contributed by atoms with E-state index >= 15 is 0 Å². The molecule has 1 aliphatic carbocycles. The van der Waals surface area contributed by atoms with Crippen LogP contribution in [-0.4, -0.2) is 31.4 Å². The summed E-state index contributed by atoms with van der Waals surface area (Å²) in [7, 11) is 0. The molecule has 8 heteroatoms. The van der Waals surface area contributed by atoms with Crippen LogP contribution in [0.4, 0.5) is 5.69 Å². The van der Waals surface area contributed by atoms with Crippen molar-refractivity contribution in [2.75, 3.05) is 11.1 Å². The summed E-state index contributed by atoms with van der Waals surface area (Å²) in [6.07, 6.45) is 6.06. The van der Waals surface area contributed by atoms with Gasteiger partial charge in [-0.2, -0.15) is 5.26 Å². The smallest absolute Gasteiger partial charge is 0.234 e. The van der Waals surface area contributed by atoms with Gasteiger partial charge in [-0.25, -0.2) is 0 Å². The lowest BCUT2D eigenvalue weighted by Gasteiger charge is -2.09. The van der Waals surface area contributed by atoms with Gasteiger partial charge < -0.3 is 5.32 Å². The second-order valence-corrected chi connectivity index (χ2v) is 7.46. The standard InChI is InChI=1S/C20H18N6OS/c21-10-9-14-3-5-16(6-4-14)23-18(27)13-28-20-25-24-19(26(20)17-7-8-17)15-2-1-11-22-12-15/h1-6,11-12,17H,7-9,13H2,(H,23,27). The van der Waals surface area contributed by atoms with Crippen molar-refractivity contribution in [2.24, 2.45) is 0 Å². The van der Waals surface area contributed by atoms with Crippen molar-refractivity contribution in [3.63, 3.8) is 0 Å². The van der Waals surface area contributed by atoms with E-state index in [9.17, 15) is 4.79 Å². The Morgan fingerprint density at radius 3 is 2.75 bits per heavy atom. The van der Waals surface area contributed by atoms with Gasteiger partial charge in [-0.3, -0.25) is 14.3 Å². The Bertz CT molecular complexity index is 1010. The number of benzene rings is 1. The summed E-state index contributed by atoms with van der Waals surface area (Å²) in [4.78, 5) is 16.5. The molecule has 1 aromatic carbocycles. The highest BCUT2D eigenvalue weighted by atomic mass is 32.2. The predicted molar refractivity (Wildman–Crippen MR) is 107 cm³/mol. The van der Waals surface area contributed by atoms with E-state index in [0.29, 0.717) is 18.2 Å². The summed E-state index contributed by atoms with van der Waals surface area (Å²) in [5.74, 6) is 0.940. The van der Waals surface area contributed by atoms with Crippen LogP contribution in [0.3, 0.4) is 0 Å². The minimum Gasteiger partial charge on any atom is -0.325 e. The lowest BCUT2D eigenvalue weighted by Crippen LogP contribution is -2.14. The van der Waals surface area contributed by atoms with E-state index in [0.717, 1.165) is 34.9 Å². The Labute approximate surface area is 166 Å². The Balaban J connectivity index is 1.41. The zero-order valence-electron chi connectivity index (χ0n) is 15.1. The normalized spacial score (nSPS) is 13.1. The number of nitriles is 1. The quantitative estimate of drug-likeness (QED) is 0.621. The predicted octanol–water partition coefficient (Wildman–Crippen LogP) is 3.47. The molecule has 0 unspecified atom stereocenters. The van der Waals surface area contributed by atoms with E-state index < -0.39 is 0 Å². The average Bonchev–Trinajstić information content (AvgIpc) is 3.47. The second kappa shape index (κ2) is 8.23. The van der Waals surface area contributed by atoms with Gasteiger partial charge in [0.2, 0.25) is 5.91 Å². The summed E-state index contributed by atoms with van der Waals surface area (Å²) < 4.78 is 2.12. The molecule has 4 rings (SSSR count). The zero-order valence-corrected chi connectivity index (χ0v) is 15.9. The van der Waals surface area contributed by atoms with E-state index in [1.165, 1.54) is 11.8 Å². The third-order valence-corrected chi connectivity index (χ3v) is 5.29. The van der Waals surface area contributed by atoms with Gasteiger partial charge >= 0.3 is 0 Å². The topological polar surface area (TPSA) is 96.5 Å². The summed E-state index contributed by atoms with van der Waals surface area (Å²) in [6.45, 7) is 0. The number of carbonyl (C=O) groups excluding carboxylic acids is 1. The second-order valence-electron chi connectivity index (χ2n) is 6.52. The molecule has 0 atom stereocenters. The van der Waals surface area contributed by atoms with E-state index in [1.54, 1.807) is 12.4 Å². The largest absolute Gasteiger partial charge is 0.325 e. The summed E-state index contributed by atoms with van der Waals surface area (Å²) in [6, 6.07) is 13.6. The molecule has 7 nitrogen and oxygen atoms in total. The number of nitrogens with one attached hydrogen (secondary N) is 1. The van der Waals surface area contributed by atoms with Crippen LogP contribution in [0.1, 0.15) is 24.4 Å².